The van der Waals surface area contributed by atoms with Crippen molar-refractivity contribution < 1.29 is 23.9 Å². The fraction of sp³-hybridized carbons (Fsp3) is 0.857. The molecule has 0 aromatic heterocycles. The molecule has 0 aromatic rings. The number of carboxylic acids is 1. The van der Waals surface area contributed by atoms with Crippen molar-refractivity contribution >= 4 is 22.6 Å². The summed E-state index contributed by atoms with van der Waals surface area (Å²) in [6.07, 6.45) is 14.3. The Morgan fingerprint density at radius 3 is 2.21 bits per heavy atom. The molecule has 1 unspecified atom stereocenters. The minimum absolute atomic E-state index is 0.0596. The summed E-state index contributed by atoms with van der Waals surface area (Å²) in [6, 6.07) is 0. The zero-order chi connectivity index (χ0) is 31.7. The third-order valence-corrected chi connectivity index (χ3v) is 21.2. The third kappa shape index (κ3) is 8.29. The first-order valence-corrected chi connectivity index (χ1v) is 22.6. The van der Waals surface area contributed by atoms with Crippen LogP contribution in [-0.4, -0.2) is 51.6 Å². The first-order valence-electron chi connectivity index (χ1n) is 16.8. The molecule has 3 rings (SSSR count). The lowest BCUT2D eigenvalue weighted by atomic mass is 9.60. The Morgan fingerprint density at radius 1 is 0.976 bits per heavy atom. The van der Waals surface area contributed by atoms with Gasteiger partial charge >= 0.3 is 5.97 Å². The molecule has 5 nitrogen and oxygen atoms in total. The zero-order valence-electron chi connectivity index (χ0n) is 28.9. The molecule has 0 bridgehead atoms. The Bertz CT molecular complexity index is 1000. The standard InChI is InChI=1S/C35H64O5Si2/c1-33(2,3)41(8,9)39-24-28(31(36)23-32(37)38)30-20-19-29-26(15-13-21-35(29,30)7)18-17-25-14-12-16-27(22-25)40-42(10,11)34(4,5)6/h17-18,27-31,36H,12-16,19-24H2,1-11H3,(H,37,38)/t27-,28-,29-,30+,31?,35-/m0/s1. The number of hydrogen-bond donors (Lipinski definition) is 2. The molecule has 3 fully saturated rings. The maximum absolute atomic E-state index is 11.7. The maximum atomic E-state index is 11.7. The highest BCUT2D eigenvalue weighted by Gasteiger charge is 2.53. The number of carbonyl (C=O) groups is 1. The van der Waals surface area contributed by atoms with Gasteiger partial charge in [-0.15, -0.1) is 0 Å². The van der Waals surface area contributed by atoms with Crippen molar-refractivity contribution in [1.29, 1.82) is 0 Å². The van der Waals surface area contributed by atoms with Crippen molar-refractivity contribution in [2.24, 2.45) is 23.2 Å². The van der Waals surface area contributed by atoms with Gasteiger partial charge in [0.2, 0.25) is 0 Å². The lowest BCUT2D eigenvalue weighted by Gasteiger charge is -2.47. The van der Waals surface area contributed by atoms with Crippen LogP contribution in [0, 0.1) is 23.2 Å². The zero-order valence-corrected chi connectivity index (χ0v) is 30.9. The molecule has 0 saturated heterocycles. The largest absolute Gasteiger partial charge is 0.481 e. The van der Waals surface area contributed by atoms with Gasteiger partial charge in [0.1, 0.15) is 0 Å². The molecule has 0 heterocycles. The van der Waals surface area contributed by atoms with Gasteiger partial charge in [-0.1, -0.05) is 71.8 Å². The van der Waals surface area contributed by atoms with E-state index >= 15 is 0 Å². The predicted molar refractivity (Wildman–Crippen MR) is 180 cm³/mol. The first-order chi connectivity index (χ1) is 19.2. The fourth-order valence-corrected chi connectivity index (χ4v) is 9.88. The van der Waals surface area contributed by atoms with Crippen molar-refractivity contribution in [2.45, 2.75) is 161 Å². The van der Waals surface area contributed by atoms with Crippen LogP contribution in [0.1, 0.15) is 113 Å². The van der Waals surface area contributed by atoms with Gasteiger partial charge in [-0.25, -0.2) is 0 Å². The molecule has 0 radical (unpaired) electrons. The Hall–Kier alpha value is -0.736. The second kappa shape index (κ2) is 13.3. The molecular formula is C35H64O5Si2. The SMILES string of the molecule is CC(C)(C)[Si](C)(C)OC[C@H](C(O)CC(=O)O)[C@H]1CC[C@H]2C(=CC=C3CCC[C@H](O[Si](C)(C)C(C)(C)C)C3)CCC[C@]12C. The summed E-state index contributed by atoms with van der Waals surface area (Å²) >= 11 is 0. The topological polar surface area (TPSA) is 76.0 Å². The van der Waals surface area contributed by atoms with Crippen LogP contribution >= 0.6 is 0 Å². The second-order valence-electron chi connectivity index (χ2n) is 17.2. The van der Waals surface area contributed by atoms with Gasteiger partial charge in [0.05, 0.1) is 12.5 Å². The van der Waals surface area contributed by atoms with E-state index < -0.39 is 28.7 Å². The molecular weight excluding hydrogens is 557 g/mol. The summed E-state index contributed by atoms with van der Waals surface area (Å²) in [5.74, 6) is -0.341. The lowest BCUT2D eigenvalue weighted by molar-refractivity contribution is -0.141. The van der Waals surface area contributed by atoms with Crippen LogP contribution in [0.3, 0.4) is 0 Å². The minimum Gasteiger partial charge on any atom is -0.481 e. The number of fused-ring (bicyclic) bond motifs is 1. The predicted octanol–water partition coefficient (Wildman–Crippen LogP) is 9.49. The number of allylic oxidation sites excluding steroid dienone is 3. The summed E-state index contributed by atoms with van der Waals surface area (Å²) in [4.78, 5) is 11.7. The summed E-state index contributed by atoms with van der Waals surface area (Å²) in [5, 5.41) is 21.1. The molecule has 3 aliphatic rings. The molecule has 0 spiro atoms. The highest BCUT2D eigenvalue weighted by atomic mass is 28.4. The van der Waals surface area contributed by atoms with Crippen molar-refractivity contribution in [3.8, 4) is 0 Å². The molecule has 3 saturated carbocycles. The maximum Gasteiger partial charge on any atom is 0.305 e. The Morgan fingerprint density at radius 2 is 1.62 bits per heavy atom. The van der Waals surface area contributed by atoms with Gasteiger partial charge in [0.15, 0.2) is 16.6 Å². The van der Waals surface area contributed by atoms with Crippen LogP contribution in [0.25, 0.3) is 0 Å². The van der Waals surface area contributed by atoms with Crippen LogP contribution in [0.4, 0.5) is 0 Å². The molecule has 42 heavy (non-hydrogen) atoms. The second-order valence-corrected chi connectivity index (χ2v) is 26.7. The van der Waals surface area contributed by atoms with Gasteiger partial charge in [-0.3, -0.25) is 4.79 Å². The molecule has 2 N–H and O–H groups in total. The summed E-state index contributed by atoms with van der Waals surface area (Å²) < 4.78 is 13.5. The van der Waals surface area contributed by atoms with Crippen LogP contribution in [-0.2, 0) is 13.6 Å². The molecule has 0 amide bonds. The Balaban J connectivity index is 1.79. The van der Waals surface area contributed by atoms with Crippen LogP contribution in [0.2, 0.25) is 36.3 Å². The highest BCUT2D eigenvalue weighted by molar-refractivity contribution is 6.74. The molecule has 0 aromatic carbocycles. The van der Waals surface area contributed by atoms with E-state index in [1.54, 1.807) is 5.57 Å². The van der Waals surface area contributed by atoms with Gasteiger partial charge in [0, 0.05) is 18.6 Å². The average Bonchev–Trinajstić information content (AvgIpc) is 3.18. The van der Waals surface area contributed by atoms with Crippen molar-refractivity contribution in [3.05, 3.63) is 23.3 Å². The number of aliphatic hydroxyl groups is 1. The van der Waals surface area contributed by atoms with E-state index in [4.69, 9.17) is 8.85 Å². The smallest absolute Gasteiger partial charge is 0.305 e. The Kier molecular flexibility index (Phi) is 11.3. The van der Waals surface area contributed by atoms with E-state index in [1.807, 2.05) is 0 Å². The number of aliphatic carboxylic acids is 1. The summed E-state index contributed by atoms with van der Waals surface area (Å²) in [6.45, 7) is 25.8. The molecule has 7 heteroatoms. The average molecular weight is 621 g/mol. The number of carboxylic acid groups (broad SMARTS) is 1. The van der Waals surface area contributed by atoms with Crippen LogP contribution in [0.5, 0.6) is 0 Å². The van der Waals surface area contributed by atoms with Gasteiger partial charge < -0.3 is 19.1 Å². The van der Waals surface area contributed by atoms with E-state index in [-0.39, 0.29) is 33.7 Å². The number of hydrogen-bond acceptors (Lipinski definition) is 4. The third-order valence-electron chi connectivity index (χ3n) is 12.2. The van der Waals surface area contributed by atoms with E-state index in [2.05, 4.69) is 86.8 Å². The quantitative estimate of drug-likeness (QED) is 0.238. The minimum atomic E-state index is -2.03. The highest BCUT2D eigenvalue weighted by Crippen LogP contribution is 2.60. The number of rotatable bonds is 10. The Labute approximate surface area is 260 Å². The van der Waals surface area contributed by atoms with E-state index in [9.17, 15) is 15.0 Å². The van der Waals surface area contributed by atoms with Gasteiger partial charge in [-0.05, 0) is 111 Å². The van der Waals surface area contributed by atoms with E-state index in [0.717, 1.165) is 38.5 Å². The van der Waals surface area contributed by atoms with Crippen LogP contribution < -0.4 is 0 Å². The van der Waals surface area contributed by atoms with Crippen molar-refractivity contribution in [1.82, 2.24) is 0 Å². The van der Waals surface area contributed by atoms with E-state index in [0.29, 0.717) is 18.6 Å². The monoisotopic (exact) mass is 620 g/mol. The molecule has 0 aliphatic heterocycles. The normalized spacial score (nSPS) is 31.3. The summed E-state index contributed by atoms with van der Waals surface area (Å²) in [7, 11) is -3.81. The van der Waals surface area contributed by atoms with Gasteiger partial charge in [0.25, 0.3) is 0 Å². The van der Waals surface area contributed by atoms with Crippen LogP contribution in [0.15, 0.2) is 23.3 Å². The van der Waals surface area contributed by atoms with Crippen molar-refractivity contribution in [2.75, 3.05) is 6.61 Å². The summed E-state index contributed by atoms with van der Waals surface area (Å²) in [5.41, 5.74) is 3.14. The van der Waals surface area contributed by atoms with Gasteiger partial charge in [-0.2, -0.15) is 0 Å². The van der Waals surface area contributed by atoms with E-state index in [1.165, 1.54) is 24.8 Å². The first kappa shape index (κ1) is 35.7. The number of aliphatic hydroxyl groups excluding tert-OH is 1. The van der Waals surface area contributed by atoms with Crippen molar-refractivity contribution in [3.63, 3.8) is 0 Å². The fourth-order valence-electron chi connectivity index (χ4n) is 7.45. The molecule has 242 valence electrons. The molecule has 3 aliphatic carbocycles. The molecule has 6 atom stereocenters. The lowest BCUT2D eigenvalue weighted by Crippen LogP contribution is -2.47.